The van der Waals surface area contributed by atoms with Gasteiger partial charge in [-0.2, -0.15) is 0 Å². The van der Waals surface area contributed by atoms with Gasteiger partial charge in [-0.3, -0.25) is 0 Å². The molecular formula is C14H18N2O2. The van der Waals surface area contributed by atoms with E-state index in [-0.39, 0.29) is 6.10 Å². The van der Waals surface area contributed by atoms with Gasteiger partial charge in [0.2, 0.25) is 0 Å². The molecule has 0 aliphatic rings. The second-order valence-electron chi connectivity index (χ2n) is 4.21. The van der Waals surface area contributed by atoms with Crippen LogP contribution in [0.4, 0.5) is 0 Å². The van der Waals surface area contributed by atoms with E-state index in [0.29, 0.717) is 13.2 Å². The van der Waals surface area contributed by atoms with Crippen molar-refractivity contribution in [2.75, 3.05) is 20.3 Å². The number of nitrogens with zero attached hydrogens (tertiary/aromatic N) is 1. The van der Waals surface area contributed by atoms with E-state index < -0.39 is 0 Å². The number of benzene rings is 1. The van der Waals surface area contributed by atoms with E-state index in [1.807, 2.05) is 37.3 Å². The van der Waals surface area contributed by atoms with Gasteiger partial charge in [-0.25, -0.2) is 4.98 Å². The summed E-state index contributed by atoms with van der Waals surface area (Å²) in [7, 11) is 1.64. The lowest BCUT2D eigenvalue weighted by atomic mass is 10.2. The zero-order valence-corrected chi connectivity index (χ0v) is 10.7. The number of nitrogens with two attached hydrogens (primary N) is 1. The van der Waals surface area contributed by atoms with Crippen molar-refractivity contribution in [2.45, 2.75) is 13.0 Å². The molecular weight excluding hydrogens is 228 g/mol. The average molecular weight is 246 g/mol. The quantitative estimate of drug-likeness (QED) is 0.875. The summed E-state index contributed by atoms with van der Waals surface area (Å²) in [6, 6.07) is 9.91. The summed E-state index contributed by atoms with van der Waals surface area (Å²) in [5.41, 5.74) is 7.49. The fourth-order valence-electron chi connectivity index (χ4n) is 1.83. The molecule has 96 valence electrons. The summed E-state index contributed by atoms with van der Waals surface area (Å²) in [5.74, 6) is 0.753. The highest BCUT2D eigenvalue weighted by atomic mass is 16.5. The number of hydrogen-bond acceptors (Lipinski definition) is 4. The summed E-state index contributed by atoms with van der Waals surface area (Å²) >= 11 is 0. The molecule has 0 radical (unpaired) electrons. The van der Waals surface area contributed by atoms with Crippen LogP contribution in [0.25, 0.3) is 10.9 Å². The fourth-order valence-corrected chi connectivity index (χ4v) is 1.83. The third-order valence-electron chi connectivity index (χ3n) is 2.73. The number of fused-ring (bicyclic) bond motifs is 1. The van der Waals surface area contributed by atoms with Gasteiger partial charge in [0.1, 0.15) is 17.4 Å². The first kappa shape index (κ1) is 12.8. The van der Waals surface area contributed by atoms with Crippen molar-refractivity contribution in [1.29, 1.82) is 0 Å². The first-order valence-electron chi connectivity index (χ1n) is 5.96. The summed E-state index contributed by atoms with van der Waals surface area (Å²) in [4.78, 5) is 4.52. The molecule has 18 heavy (non-hydrogen) atoms. The minimum atomic E-state index is -0.150. The maximum Gasteiger partial charge on any atom is 0.146 e. The van der Waals surface area contributed by atoms with Crippen LogP contribution in [0.5, 0.6) is 5.75 Å². The van der Waals surface area contributed by atoms with Gasteiger partial charge >= 0.3 is 0 Å². The molecule has 2 rings (SSSR count). The van der Waals surface area contributed by atoms with E-state index in [4.69, 9.17) is 15.2 Å². The van der Waals surface area contributed by atoms with Crippen molar-refractivity contribution < 1.29 is 9.47 Å². The van der Waals surface area contributed by atoms with Gasteiger partial charge in [-0.1, -0.05) is 18.2 Å². The molecule has 0 saturated heterocycles. The van der Waals surface area contributed by atoms with Gasteiger partial charge in [0.25, 0.3) is 0 Å². The highest BCUT2D eigenvalue weighted by Gasteiger charge is 2.11. The van der Waals surface area contributed by atoms with Gasteiger partial charge < -0.3 is 15.2 Å². The zero-order valence-electron chi connectivity index (χ0n) is 10.7. The van der Waals surface area contributed by atoms with Crippen LogP contribution in [-0.2, 0) is 4.74 Å². The van der Waals surface area contributed by atoms with Crippen LogP contribution in [0, 0.1) is 6.92 Å². The molecule has 0 saturated carbocycles. The normalized spacial score (nSPS) is 12.6. The lowest BCUT2D eigenvalue weighted by molar-refractivity contribution is 0.0869. The van der Waals surface area contributed by atoms with Crippen LogP contribution in [0.3, 0.4) is 0 Å². The molecule has 0 spiro atoms. The Morgan fingerprint density at radius 3 is 2.83 bits per heavy atom. The van der Waals surface area contributed by atoms with E-state index in [1.54, 1.807) is 7.11 Å². The van der Waals surface area contributed by atoms with Crippen LogP contribution >= 0.6 is 0 Å². The average Bonchev–Trinajstić information content (AvgIpc) is 2.38. The number of rotatable bonds is 5. The maximum absolute atomic E-state index is 5.86. The summed E-state index contributed by atoms with van der Waals surface area (Å²) in [6.07, 6.45) is -0.150. The molecule has 1 atom stereocenters. The minimum absolute atomic E-state index is 0.150. The third kappa shape index (κ3) is 2.78. The van der Waals surface area contributed by atoms with Gasteiger partial charge in [0.05, 0.1) is 6.61 Å². The fraction of sp³-hybridized carbons (Fsp3) is 0.357. The van der Waals surface area contributed by atoms with Gasteiger partial charge in [-0.05, 0) is 19.1 Å². The van der Waals surface area contributed by atoms with Crippen molar-refractivity contribution in [1.82, 2.24) is 4.98 Å². The molecule has 4 nitrogen and oxygen atoms in total. The van der Waals surface area contributed by atoms with E-state index >= 15 is 0 Å². The van der Waals surface area contributed by atoms with Crippen molar-refractivity contribution >= 4 is 10.9 Å². The first-order chi connectivity index (χ1) is 8.74. The van der Waals surface area contributed by atoms with Crippen molar-refractivity contribution in [2.24, 2.45) is 5.73 Å². The number of aromatic nitrogens is 1. The molecule has 2 aromatic rings. The van der Waals surface area contributed by atoms with Crippen LogP contribution in [0.1, 0.15) is 5.69 Å². The molecule has 0 fully saturated rings. The lowest BCUT2D eigenvalue weighted by Crippen LogP contribution is -2.31. The Morgan fingerprint density at radius 2 is 2.11 bits per heavy atom. The highest BCUT2D eigenvalue weighted by molar-refractivity contribution is 5.84. The van der Waals surface area contributed by atoms with Crippen molar-refractivity contribution in [3.8, 4) is 5.75 Å². The topological polar surface area (TPSA) is 57.4 Å². The lowest BCUT2D eigenvalue weighted by Gasteiger charge is -2.17. The second-order valence-corrected chi connectivity index (χ2v) is 4.21. The predicted molar refractivity (Wildman–Crippen MR) is 71.8 cm³/mol. The summed E-state index contributed by atoms with van der Waals surface area (Å²) in [6.45, 7) is 2.85. The number of methoxy groups -OCH3 is 1. The van der Waals surface area contributed by atoms with Gasteiger partial charge in [0.15, 0.2) is 0 Å². The number of hydrogen-bond donors (Lipinski definition) is 1. The molecule has 2 N–H and O–H groups in total. The largest absolute Gasteiger partial charge is 0.484 e. The number of para-hydroxylation sites is 1. The van der Waals surface area contributed by atoms with Crippen LogP contribution in [0.15, 0.2) is 30.3 Å². The number of ether oxygens (including phenoxy) is 2. The monoisotopic (exact) mass is 246 g/mol. The van der Waals surface area contributed by atoms with Crippen molar-refractivity contribution in [3.63, 3.8) is 0 Å². The Hall–Kier alpha value is -1.65. The highest BCUT2D eigenvalue weighted by Crippen LogP contribution is 2.24. The summed E-state index contributed by atoms with van der Waals surface area (Å²) in [5, 5.41) is 1.06. The molecule has 4 heteroatoms. The van der Waals surface area contributed by atoms with E-state index in [9.17, 15) is 0 Å². The first-order valence-corrected chi connectivity index (χ1v) is 5.96. The van der Waals surface area contributed by atoms with E-state index in [2.05, 4.69) is 4.98 Å². The molecule has 1 heterocycles. The van der Waals surface area contributed by atoms with Crippen LogP contribution < -0.4 is 10.5 Å². The van der Waals surface area contributed by atoms with Crippen LogP contribution in [0.2, 0.25) is 0 Å². The maximum atomic E-state index is 5.86. The Morgan fingerprint density at radius 1 is 1.28 bits per heavy atom. The Balaban J connectivity index is 2.34. The number of pyridine rings is 1. The molecule has 1 unspecified atom stereocenters. The van der Waals surface area contributed by atoms with E-state index in [1.165, 1.54) is 0 Å². The minimum Gasteiger partial charge on any atom is -0.484 e. The van der Waals surface area contributed by atoms with Gasteiger partial charge in [0, 0.05) is 24.7 Å². The zero-order chi connectivity index (χ0) is 13.0. The summed E-state index contributed by atoms with van der Waals surface area (Å²) < 4.78 is 10.9. The molecule has 1 aromatic heterocycles. The SMILES string of the molecule is COCC(CN)Oc1cccc2ccc(C)nc12. The second kappa shape index (κ2) is 5.80. The smallest absolute Gasteiger partial charge is 0.146 e. The Labute approximate surface area is 107 Å². The molecule has 0 amide bonds. The molecule has 1 aromatic carbocycles. The molecule has 0 aliphatic carbocycles. The predicted octanol–water partition coefficient (Wildman–Crippen LogP) is 1.90. The van der Waals surface area contributed by atoms with Gasteiger partial charge in [-0.15, -0.1) is 0 Å². The standard InChI is InChI=1S/C14H18N2O2/c1-10-6-7-11-4-3-5-13(14(11)16-10)18-12(8-15)9-17-2/h3-7,12H,8-9,15H2,1-2H3. The molecule has 0 aliphatic heterocycles. The van der Waals surface area contributed by atoms with E-state index in [0.717, 1.165) is 22.3 Å². The van der Waals surface area contributed by atoms with Crippen molar-refractivity contribution in [3.05, 3.63) is 36.0 Å². The third-order valence-corrected chi connectivity index (χ3v) is 2.73. The number of aryl methyl sites for hydroxylation is 1. The Bertz CT molecular complexity index is 528. The molecule has 0 bridgehead atoms. The van der Waals surface area contributed by atoms with Crippen LogP contribution in [-0.4, -0.2) is 31.3 Å². The Kier molecular flexibility index (Phi) is 4.12.